The topological polar surface area (TPSA) is 73.6 Å². The Balaban J connectivity index is 1.43. The molecule has 6 rings (SSSR count). The first kappa shape index (κ1) is 25.2. The predicted molar refractivity (Wildman–Crippen MR) is 158 cm³/mol. The van der Waals surface area contributed by atoms with Gasteiger partial charge in [0.2, 0.25) is 5.88 Å². The monoisotopic (exact) mass is 528 g/mol. The van der Waals surface area contributed by atoms with Gasteiger partial charge in [0.15, 0.2) is 0 Å². The number of aryl methyl sites for hydroxylation is 2. The first-order chi connectivity index (χ1) is 19.6. The molecule has 40 heavy (non-hydrogen) atoms. The fraction of sp³-hybridized carbons (Fsp3) is 0.118. The quantitative estimate of drug-likeness (QED) is 0.159. The van der Waals surface area contributed by atoms with E-state index in [0.717, 1.165) is 49.7 Å². The van der Waals surface area contributed by atoms with E-state index < -0.39 is 6.16 Å². The average molecular weight is 529 g/mol. The van der Waals surface area contributed by atoms with Crippen molar-refractivity contribution >= 4 is 27.8 Å². The number of aromatic nitrogens is 2. The van der Waals surface area contributed by atoms with E-state index >= 15 is 0 Å². The number of rotatable bonds is 8. The zero-order valence-electron chi connectivity index (χ0n) is 22.1. The molecule has 0 bridgehead atoms. The Morgan fingerprint density at radius 3 is 2.48 bits per heavy atom. The summed E-state index contributed by atoms with van der Waals surface area (Å²) in [5, 5.41) is 12.9. The van der Waals surface area contributed by atoms with Crippen molar-refractivity contribution in [2.45, 2.75) is 19.9 Å². The summed E-state index contributed by atoms with van der Waals surface area (Å²) in [6, 6.07) is 32.2. The second-order valence-electron chi connectivity index (χ2n) is 9.64. The van der Waals surface area contributed by atoms with E-state index in [1.54, 1.807) is 12.4 Å². The molecule has 0 radical (unpaired) electrons. The lowest BCUT2D eigenvalue weighted by Gasteiger charge is -2.12. The van der Waals surface area contributed by atoms with Gasteiger partial charge in [-0.15, -0.1) is 0 Å². The van der Waals surface area contributed by atoms with Crippen LogP contribution in [-0.2, 0) is 6.54 Å². The molecule has 0 amide bonds. The Morgan fingerprint density at radius 1 is 0.875 bits per heavy atom. The average Bonchev–Trinajstić information content (AvgIpc) is 3.28. The highest BCUT2D eigenvalue weighted by Gasteiger charge is 2.25. The first-order valence-electron chi connectivity index (χ1n) is 13.2. The molecule has 198 valence electrons. The van der Waals surface area contributed by atoms with Crippen LogP contribution in [0.15, 0.2) is 109 Å². The van der Waals surface area contributed by atoms with Gasteiger partial charge in [0.1, 0.15) is 5.75 Å². The lowest BCUT2D eigenvalue weighted by atomic mass is 9.94. The molecule has 0 atom stereocenters. The molecule has 0 saturated carbocycles. The van der Waals surface area contributed by atoms with Crippen molar-refractivity contribution in [1.29, 1.82) is 0 Å². The van der Waals surface area contributed by atoms with Crippen LogP contribution in [-0.4, -0.2) is 27.4 Å². The second kappa shape index (κ2) is 10.9. The molecule has 2 heterocycles. The third-order valence-corrected chi connectivity index (χ3v) is 7.14. The number of benzene rings is 4. The summed E-state index contributed by atoms with van der Waals surface area (Å²) in [4.78, 5) is 16.3. The van der Waals surface area contributed by atoms with Crippen LogP contribution in [0.5, 0.6) is 11.6 Å². The van der Waals surface area contributed by atoms with Crippen LogP contribution in [0.3, 0.4) is 0 Å². The second-order valence-corrected chi connectivity index (χ2v) is 9.64. The lowest BCUT2D eigenvalue weighted by Crippen LogP contribution is -2.11. The van der Waals surface area contributed by atoms with Gasteiger partial charge in [-0.2, -0.15) is 0 Å². The van der Waals surface area contributed by atoms with Crippen LogP contribution in [0, 0.1) is 6.92 Å². The Kier molecular flexibility index (Phi) is 6.89. The third kappa shape index (κ3) is 4.76. The van der Waals surface area contributed by atoms with Crippen LogP contribution in [0.4, 0.5) is 4.79 Å². The maximum atomic E-state index is 12.0. The van der Waals surface area contributed by atoms with E-state index in [2.05, 4.69) is 48.3 Å². The summed E-state index contributed by atoms with van der Waals surface area (Å²) in [5.74, 6) is 1.11. The summed E-state index contributed by atoms with van der Waals surface area (Å²) >= 11 is 0. The lowest BCUT2D eigenvalue weighted by molar-refractivity contribution is 0.141. The predicted octanol–water partition coefficient (Wildman–Crippen LogP) is 8.36. The Hall–Kier alpha value is -5.10. The Morgan fingerprint density at radius 2 is 1.65 bits per heavy atom. The maximum Gasteiger partial charge on any atom is 0.512 e. The highest BCUT2D eigenvalue weighted by atomic mass is 16.7. The molecular formula is C34H28N2O4. The van der Waals surface area contributed by atoms with E-state index in [0.29, 0.717) is 25.1 Å². The molecule has 0 spiro atoms. The van der Waals surface area contributed by atoms with Gasteiger partial charge < -0.3 is 19.1 Å². The number of fused-ring (bicyclic) bond motifs is 2. The minimum absolute atomic E-state index is 0.279. The van der Waals surface area contributed by atoms with E-state index in [1.807, 2.05) is 65.2 Å². The van der Waals surface area contributed by atoms with Crippen molar-refractivity contribution in [2.75, 3.05) is 6.61 Å². The molecule has 4 aromatic carbocycles. The molecular weight excluding hydrogens is 500 g/mol. The van der Waals surface area contributed by atoms with Crippen molar-refractivity contribution < 1.29 is 19.4 Å². The highest BCUT2D eigenvalue weighted by molar-refractivity contribution is 6.09. The Bertz CT molecular complexity index is 1820. The van der Waals surface area contributed by atoms with E-state index in [9.17, 15) is 9.90 Å². The number of hydrogen-bond donors (Lipinski definition) is 1. The molecule has 1 N–H and O–H groups in total. The van der Waals surface area contributed by atoms with E-state index in [-0.39, 0.29) is 5.88 Å². The van der Waals surface area contributed by atoms with Gasteiger partial charge in [-0.25, -0.2) is 4.79 Å². The number of ether oxygens (including phenoxy) is 2. The summed E-state index contributed by atoms with van der Waals surface area (Å²) in [6.07, 6.45) is 2.72. The summed E-state index contributed by atoms with van der Waals surface area (Å²) in [5.41, 5.74) is 5.60. The van der Waals surface area contributed by atoms with E-state index in [4.69, 9.17) is 9.47 Å². The van der Waals surface area contributed by atoms with Gasteiger partial charge in [0, 0.05) is 35.3 Å². The number of pyridine rings is 1. The van der Waals surface area contributed by atoms with Crippen LogP contribution in [0.1, 0.15) is 12.0 Å². The zero-order valence-corrected chi connectivity index (χ0v) is 22.1. The summed E-state index contributed by atoms with van der Waals surface area (Å²) in [7, 11) is 0. The first-order valence-corrected chi connectivity index (χ1v) is 13.2. The Labute approximate surface area is 232 Å². The molecule has 6 heteroatoms. The zero-order chi connectivity index (χ0) is 27.5. The van der Waals surface area contributed by atoms with Crippen LogP contribution < -0.4 is 9.47 Å². The molecule has 6 aromatic rings. The van der Waals surface area contributed by atoms with Crippen molar-refractivity contribution in [3.63, 3.8) is 0 Å². The standard InChI is InChI=1S/C34H28N2O4/c1-23-10-2-4-14-26(23)28-16-7-17-29-32(28)31(25-13-8-19-35-22-25)33(40-34(37)38)36(29)20-9-21-39-30-18-6-12-24-11-3-5-15-27(24)30/h2-8,10-19,22H,9,20-21H2,1H3,(H,37,38). The van der Waals surface area contributed by atoms with Crippen molar-refractivity contribution in [3.05, 3.63) is 115 Å². The maximum absolute atomic E-state index is 12.0. The minimum Gasteiger partial charge on any atom is -0.493 e. The smallest absolute Gasteiger partial charge is 0.493 e. The third-order valence-electron chi connectivity index (χ3n) is 7.14. The largest absolute Gasteiger partial charge is 0.512 e. The van der Waals surface area contributed by atoms with Gasteiger partial charge in [-0.3, -0.25) is 4.98 Å². The van der Waals surface area contributed by atoms with Gasteiger partial charge in [-0.1, -0.05) is 78.9 Å². The molecule has 0 aliphatic carbocycles. The van der Waals surface area contributed by atoms with Gasteiger partial charge in [0.25, 0.3) is 0 Å². The molecule has 0 fully saturated rings. The SMILES string of the molecule is Cc1ccccc1-c1cccc2c1c(-c1cccnc1)c(OC(=O)O)n2CCCOc1cccc2ccccc12. The highest BCUT2D eigenvalue weighted by Crippen LogP contribution is 2.45. The van der Waals surface area contributed by atoms with Gasteiger partial charge in [-0.05, 0) is 53.6 Å². The number of hydrogen-bond acceptors (Lipinski definition) is 4. The molecule has 6 nitrogen and oxygen atoms in total. The van der Waals surface area contributed by atoms with Crippen molar-refractivity contribution in [3.8, 4) is 33.9 Å². The number of carbonyl (C=O) groups is 1. The molecule has 0 saturated heterocycles. The fourth-order valence-electron chi connectivity index (χ4n) is 5.39. The van der Waals surface area contributed by atoms with Crippen LogP contribution in [0.2, 0.25) is 0 Å². The van der Waals surface area contributed by atoms with Crippen LogP contribution in [0.25, 0.3) is 43.9 Å². The molecule has 0 unspecified atom stereocenters. The van der Waals surface area contributed by atoms with Crippen molar-refractivity contribution in [2.24, 2.45) is 0 Å². The van der Waals surface area contributed by atoms with Crippen LogP contribution >= 0.6 is 0 Å². The van der Waals surface area contributed by atoms with E-state index in [1.165, 1.54) is 0 Å². The molecule has 2 aromatic heterocycles. The fourth-order valence-corrected chi connectivity index (χ4v) is 5.39. The number of carboxylic acid groups (broad SMARTS) is 1. The van der Waals surface area contributed by atoms with Gasteiger partial charge >= 0.3 is 6.16 Å². The minimum atomic E-state index is -1.36. The summed E-state index contributed by atoms with van der Waals surface area (Å²) < 4.78 is 13.7. The van der Waals surface area contributed by atoms with Gasteiger partial charge in [0.05, 0.1) is 17.7 Å². The molecule has 0 aliphatic heterocycles. The van der Waals surface area contributed by atoms with Crippen molar-refractivity contribution in [1.82, 2.24) is 9.55 Å². The number of nitrogens with zero attached hydrogens (tertiary/aromatic N) is 2. The normalized spacial score (nSPS) is 11.1. The molecule has 0 aliphatic rings. The summed E-state index contributed by atoms with van der Waals surface area (Å²) in [6.45, 7) is 3.04.